The molecule has 1 atom stereocenters. The van der Waals surface area contributed by atoms with Crippen LogP contribution in [0.2, 0.25) is 0 Å². The van der Waals surface area contributed by atoms with E-state index in [-0.39, 0.29) is 11.8 Å². The van der Waals surface area contributed by atoms with Crippen LogP contribution in [0.3, 0.4) is 0 Å². The highest BCUT2D eigenvalue weighted by atomic mass is 16.5. The van der Waals surface area contributed by atoms with E-state index in [0.29, 0.717) is 19.7 Å². The molecule has 2 aromatic rings. The maximum absolute atomic E-state index is 12.7. The van der Waals surface area contributed by atoms with E-state index in [4.69, 9.17) is 4.74 Å². The van der Waals surface area contributed by atoms with Crippen molar-refractivity contribution in [1.82, 2.24) is 14.7 Å². The van der Waals surface area contributed by atoms with E-state index in [2.05, 4.69) is 5.10 Å². The summed E-state index contributed by atoms with van der Waals surface area (Å²) in [5.41, 5.74) is 1.12. The van der Waals surface area contributed by atoms with E-state index in [1.54, 1.807) is 6.20 Å². The Kier molecular flexibility index (Phi) is 4.42. The third kappa shape index (κ3) is 3.13. The predicted octanol–water partition coefficient (Wildman–Crippen LogP) is 1.98. The average Bonchev–Trinajstić information content (AvgIpc) is 3.08. The van der Waals surface area contributed by atoms with Gasteiger partial charge in [-0.25, -0.2) is 0 Å². The van der Waals surface area contributed by atoms with Crippen molar-refractivity contribution in [3.05, 3.63) is 48.3 Å². The number of hydrogen-bond acceptors (Lipinski definition) is 3. The van der Waals surface area contributed by atoms with E-state index in [9.17, 15) is 4.79 Å². The molecule has 1 aliphatic rings. The molecule has 1 aromatic carbocycles. The number of para-hydroxylation sites is 1. The number of aromatic nitrogens is 2. The van der Waals surface area contributed by atoms with Gasteiger partial charge < -0.3 is 9.64 Å². The highest BCUT2D eigenvalue weighted by molar-refractivity contribution is 5.79. The zero-order valence-electron chi connectivity index (χ0n) is 12.8. The lowest BCUT2D eigenvalue weighted by molar-refractivity contribution is -0.136. The Morgan fingerprint density at radius 3 is 3.05 bits per heavy atom. The number of amides is 1. The molecule has 0 radical (unpaired) electrons. The Morgan fingerprint density at radius 1 is 1.41 bits per heavy atom. The normalized spacial score (nSPS) is 16.7. The fraction of sp³-hybridized carbons (Fsp3) is 0.412. The van der Waals surface area contributed by atoms with Crippen LogP contribution in [-0.4, -0.2) is 40.3 Å². The molecule has 3 rings (SSSR count). The minimum atomic E-state index is -0.0903. The quantitative estimate of drug-likeness (QED) is 0.848. The molecule has 1 aliphatic heterocycles. The fourth-order valence-electron chi connectivity index (χ4n) is 2.82. The molecular formula is C17H21N3O2. The van der Waals surface area contributed by atoms with E-state index >= 15 is 0 Å². The van der Waals surface area contributed by atoms with Crippen LogP contribution in [0.15, 0.2) is 42.7 Å². The molecule has 5 heteroatoms. The van der Waals surface area contributed by atoms with Gasteiger partial charge in [-0.1, -0.05) is 18.2 Å². The van der Waals surface area contributed by atoms with Crippen molar-refractivity contribution in [2.75, 3.05) is 19.7 Å². The van der Waals surface area contributed by atoms with Crippen LogP contribution >= 0.6 is 0 Å². The van der Waals surface area contributed by atoms with Crippen LogP contribution < -0.4 is 4.74 Å². The maximum Gasteiger partial charge on any atom is 0.229 e. The third-order valence-electron chi connectivity index (χ3n) is 4.08. The van der Waals surface area contributed by atoms with Gasteiger partial charge in [0, 0.05) is 25.5 Å². The summed E-state index contributed by atoms with van der Waals surface area (Å²) in [5, 5.41) is 4.18. The summed E-state index contributed by atoms with van der Waals surface area (Å²) < 4.78 is 7.59. The first kappa shape index (κ1) is 14.6. The molecule has 116 valence electrons. The second kappa shape index (κ2) is 6.64. The zero-order chi connectivity index (χ0) is 15.4. The number of fused-ring (bicyclic) bond motifs is 1. The van der Waals surface area contributed by atoms with Gasteiger partial charge in [0.05, 0.1) is 12.5 Å². The molecule has 22 heavy (non-hydrogen) atoms. The molecule has 5 nitrogen and oxygen atoms in total. The third-order valence-corrected chi connectivity index (χ3v) is 4.08. The van der Waals surface area contributed by atoms with Crippen LogP contribution in [0.4, 0.5) is 0 Å². The number of carbonyl (C=O) groups is 1. The summed E-state index contributed by atoms with van der Waals surface area (Å²) in [7, 11) is 0. The van der Waals surface area contributed by atoms with Gasteiger partial charge in [-0.05, 0) is 31.0 Å². The standard InChI is InChI=1S/C17H21N3O2/c1-2-19(10-11-20-9-5-8-18-20)17(21)15-12-14-6-3-4-7-16(14)22-13-15/h3-9,15H,2,10-13H2,1H3/t15-/m0/s1. The molecular weight excluding hydrogens is 278 g/mol. The molecule has 1 amide bonds. The molecule has 0 spiro atoms. The summed E-state index contributed by atoms with van der Waals surface area (Å²) in [4.78, 5) is 14.6. The molecule has 2 heterocycles. The van der Waals surface area contributed by atoms with Crippen LogP contribution in [0.25, 0.3) is 0 Å². The molecule has 0 saturated carbocycles. The number of likely N-dealkylation sites (N-methyl/N-ethyl adjacent to an activating group) is 1. The number of hydrogen-bond donors (Lipinski definition) is 0. The molecule has 0 N–H and O–H groups in total. The first-order valence-corrected chi connectivity index (χ1v) is 7.75. The van der Waals surface area contributed by atoms with Crippen LogP contribution in [0.1, 0.15) is 12.5 Å². The minimum absolute atomic E-state index is 0.0903. The molecule has 0 unspecified atom stereocenters. The molecule has 0 fully saturated rings. The highest BCUT2D eigenvalue weighted by Crippen LogP contribution is 2.27. The van der Waals surface area contributed by atoms with Crippen LogP contribution in [0, 0.1) is 5.92 Å². The summed E-state index contributed by atoms with van der Waals surface area (Å²) in [6.07, 6.45) is 4.43. The fourth-order valence-corrected chi connectivity index (χ4v) is 2.82. The van der Waals surface area contributed by atoms with E-state index in [1.807, 2.05) is 53.0 Å². The minimum Gasteiger partial charge on any atom is -0.492 e. The number of benzene rings is 1. The SMILES string of the molecule is CCN(CCn1cccn1)C(=O)[C@@H]1COc2ccccc2C1. The highest BCUT2D eigenvalue weighted by Gasteiger charge is 2.28. The van der Waals surface area contributed by atoms with Gasteiger partial charge in [0.15, 0.2) is 0 Å². The Labute approximate surface area is 130 Å². The Balaban J connectivity index is 1.62. The zero-order valence-corrected chi connectivity index (χ0v) is 12.8. The van der Waals surface area contributed by atoms with Crippen molar-refractivity contribution in [3.8, 4) is 5.75 Å². The largest absolute Gasteiger partial charge is 0.492 e. The Hall–Kier alpha value is -2.30. The Bertz CT molecular complexity index is 625. The van der Waals surface area contributed by atoms with Crippen molar-refractivity contribution < 1.29 is 9.53 Å². The average molecular weight is 299 g/mol. The first-order chi connectivity index (χ1) is 10.8. The van der Waals surface area contributed by atoms with E-state index in [0.717, 1.165) is 24.3 Å². The first-order valence-electron chi connectivity index (χ1n) is 7.75. The lowest BCUT2D eigenvalue weighted by Crippen LogP contribution is -2.42. The predicted molar refractivity (Wildman–Crippen MR) is 83.6 cm³/mol. The maximum atomic E-state index is 12.7. The van der Waals surface area contributed by atoms with E-state index in [1.165, 1.54) is 0 Å². The lowest BCUT2D eigenvalue weighted by Gasteiger charge is -2.29. The van der Waals surface area contributed by atoms with Gasteiger partial charge in [-0.2, -0.15) is 5.10 Å². The van der Waals surface area contributed by atoms with E-state index < -0.39 is 0 Å². The summed E-state index contributed by atoms with van der Waals surface area (Å²) in [5.74, 6) is 0.989. The lowest BCUT2D eigenvalue weighted by atomic mass is 9.95. The van der Waals surface area contributed by atoms with Crippen molar-refractivity contribution in [3.63, 3.8) is 0 Å². The summed E-state index contributed by atoms with van der Waals surface area (Å²) in [6, 6.07) is 9.85. The van der Waals surface area contributed by atoms with Gasteiger partial charge in [-0.3, -0.25) is 9.48 Å². The number of rotatable bonds is 5. The Morgan fingerprint density at radius 2 is 2.27 bits per heavy atom. The monoisotopic (exact) mass is 299 g/mol. The molecule has 0 aliphatic carbocycles. The smallest absolute Gasteiger partial charge is 0.229 e. The summed E-state index contributed by atoms with van der Waals surface area (Å²) >= 11 is 0. The number of carbonyl (C=O) groups excluding carboxylic acids is 1. The molecule has 0 bridgehead atoms. The van der Waals surface area contributed by atoms with Crippen molar-refractivity contribution >= 4 is 5.91 Å². The van der Waals surface area contributed by atoms with Crippen molar-refractivity contribution in [2.24, 2.45) is 5.92 Å². The second-order valence-corrected chi connectivity index (χ2v) is 5.51. The van der Waals surface area contributed by atoms with Crippen molar-refractivity contribution in [2.45, 2.75) is 19.9 Å². The topological polar surface area (TPSA) is 47.4 Å². The van der Waals surface area contributed by atoms with Crippen LogP contribution in [-0.2, 0) is 17.8 Å². The number of ether oxygens (including phenoxy) is 1. The molecule has 1 aromatic heterocycles. The van der Waals surface area contributed by atoms with Gasteiger partial charge >= 0.3 is 0 Å². The summed E-state index contributed by atoms with van der Waals surface area (Å²) in [6.45, 7) is 4.58. The molecule has 0 saturated heterocycles. The van der Waals surface area contributed by atoms with Crippen molar-refractivity contribution in [1.29, 1.82) is 0 Å². The second-order valence-electron chi connectivity index (χ2n) is 5.51. The van der Waals surface area contributed by atoms with Gasteiger partial charge in [0.2, 0.25) is 5.91 Å². The van der Waals surface area contributed by atoms with Crippen LogP contribution in [0.5, 0.6) is 5.75 Å². The van der Waals surface area contributed by atoms with Gasteiger partial charge in [0.1, 0.15) is 12.4 Å². The number of nitrogens with zero attached hydrogens (tertiary/aromatic N) is 3. The van der Waals surface area contributed by atoms with Gasteiger partial charge in [0.25, 0.3) is 0 Å². The van der Waals surface area contributed by atoms with Gasteiger partial charge in [-0.15, -0.1) is 0 Å².